The molecule has 0 spiro atoms. The van der Waals surface area contributed by atoms with Gasteiger partial charge < -0.3 is 15.2 Å². The van der Waals surface area contributed by atoms with Crippen molar-refractivity contribution in [1.82, 2.24) is 5.32 Å². The second kappa shape index (κ2) is 6.39. The van der Waals surface area contributed by atoms with Crippen molar-refractivity contribution >= 4 is 17.8 Å². The van der Waals surface area contributed by atoms with Crippen LogP contribution in [0.5, 0.6) is 5.75 Å². The maximum atomic E-state index is 11.4. The molecule has 0 aliphatic heterocycles. The van der Waals surface area contributed by atoms with E-state index in [1.165, 1.54) is 6.92 Å². The van der Waals surface area contributed by atoms with Crippen LogP contribution in [0.1, 0.15) is 13.3 Å². The highest BCUT2D eigenvalue weighted by Crippen LogP contribution is 2.08. The Kier molecular flexibility index (Phi) is 4.86. The number of carboxylic acid groups (broad SMARTS) is 1. The van der Waals surface area contributed by atoms with Gasteiger partial charge in [-0.25, -0.2) is 9.59 Å². The molecule has 0 radical (unpaired) electrons. The topological polar surface area (TPSA) is 92.7 Å². The maximum Gasteiger partial charge on any atom is 0.413 e. The number of rotatable bonds is 5. The van der Waals surface area contributed by atoms with Crippen molar-refractivity contribution < 1.29 is 24.2 Å². The number of hydrogen-bond acceptors (Lipinski definition) is 4. The van der Waals surface area contributed by atoms with Gasteiger partial charge in [0.15, 0.2) is 0 Å². The molecule has 96 valence electrons. The second-order valence-electron chi connectivity index (χ2n) is 3.64. The van der Waals surface area contributed by atoms with E-state index in [9.17, 15) is 14.4 Å². The predicted molar refractivity (Wildman–Crippen MR) is 62.3 cm³/mol. The van der Waals surface area contributed by atoms with E-state index in [1.54, 1.807) is 30.3 Å². The van der Waals surface area contributed by atoms with E-state index < -0.39 is 18.1 Å². The first-order chi connectivity index (χ1) is 8.49. The average Bonchev–Trinajstić information content (AvgIpc) is 2.28. The monoisotopic (exact) mass is 251 g/mol. The number of benzene rings is 1. The van der Waals surface area contributed by atoms with Crippen LogP contribution in [0.15, 0.2) is 30.3 Å². The minimum atomic E-state index is -1.28. The van der Waals surface area contributed by atoms with Crippen LogP contribution in [0.2, 0.25) is 0 Å². The number of nitrogens with one attached hydrogen (secondary N) is 1. The third-order valence-corrected chi connectivity index (χ3v) is 2.04. The molecule has 0 bridgehead atoms. The Morgan fingerprint density at radius 3 is 2.39 bits per heavy atom. The van der Waals surface area contributed by atoms with Crippen molar-refractivity contribution in [3.8, 4) is 5.75 Å². The molecule has 1 rings (SSSR count). The molecule has 18 heavy (non-hydrogen) atoms. The molecule has 0 saturated carbocycles. The standard InChI is InChI=1S/C12H13NO5/c1-8(14)7-10(11(15)16)13-12(17)18-9-5-3-2-4-6-9/h2-6,10H,7H2,1H3,(H,13,17)(H,15,16). The second-order valence-corrected chi connectivity index (χ2v) is 3.64. The number of ketones is 1. The number of Topliss-reactive ketones (excluding diaryl/α,β-unsaturated/α-hetero) is 1. The van der Waals surface area contributed by atoms with Crippen LogP contribution >= 0.6 is 0 Å². The van der Waals surface area contributed by atoms with E-state index in [1.807, 2.05) is 0 Å². The van der Waals surface area contributed by atoms with Crippen LogP contribution in [0.3, 0.4) is 0 Å². The van der Waals surface area contributed by atoms with Crippen LogP contribution < -0.4 is 10.1 Å². The van der Waals surface area contributed by atoms with E-state index >= 15 is 0 Å². The zero-order chi connectivity index (χ0) is 13.5. The van der Waals surface area contributed by atoms with Gasteiger partial charge in [-0.3, -0.25) is 4.79 Å². The Bertz CT molecular complexity index is 443. The molecule has 2 N–H and O–H groups in total. The summed E-state index contributed by atoms with van der Waals surface area (Å²) in [5, 5.41) is 10.9. The first kappa shape index (κ1) is 13.7. The van der Waals surface area contributed by atoms with Crippen LogP contribution in [-0.2, 0) is 9.59 Å². The maximum absolute atomic E-state index is 11.4. The Morgan fingerprint density at radius 1 is 1.28 bits per heavy atom. The highest BCUT2D eigenvalue weighted by Gasteiger charge is 2.22. The van der Waals surface area contributed by atoms with Crippen LogP contribution in [0, 0.1) is 0 Å². The molecule has 1 atom stereocenters. The summed E-state index contributed by atoms with van der Waals surface area (Å²) < 4.78 is 4.85. The molecule has 0 aliphatic rings. The SMILES string of the molecule is CC(=O)CC(NC(=O)Oc1ccccc1)C(=O)O. The molecule has 0 aliphatic carbocycles. The Labute approximate surface area is 104 Å². The minimum absolute atomic E-state index is 0.279. The Morgan fingerprint density at radius 2 is 1.89 bits per heavy atom. The first-order valence-corrected chi connectivity index (χ1v) is 5.24. The normalized spacial score (nSPS) is 11.4. The molecule has 1 aromatic rings. The molecule has 6 nitrogen and oxygen atoms in total. The van der Waals surface area contributed by atoms with Gasteiger partial charge in [0.1, 0.15) is 17.6 Å². The van der Waals surface area contributed by atoms with Crippen molar-refractivity contribution in [2.45, 2.75) is 19.4 Å². The fourth-order valence-corrected chi connectivity index (χ4v) is 1.25. The molecular formula is C12H13NO5. The zero-order valence-electron chi connectivity index (χ0n) is 9.75. The lowest BCUT2D eigenvalue weighted by Gasteiger charge is -2.12. The number of para-hydroxylation sites is 1. The van der Waals surface area contributed by atoms with Crippen LogP contribution in [0.25, 0.3) is 0 Å². The molecule has 1 unspecified atom stereocenters. The highest BCUT2D eigenvalue weighted by atomic mass is 16.6. The zero-order valence-corrected chi connectivity index (χ0v) is 9.75. The van der Waals surface area contributed by atoms with Gasteiger partial charge in [-0.15, -0.1) is 0 Å². The molecule has 6 heteroatoms. The summed E-state index contributed by atoms with van der Waals surface area (Å²) in [6.07, 6.45) is -1.19. The molecule has 0 saturated heterocycles. The first-order valence-electron chi connectivity index (χ1n) is 5.24. The smallest absolute Gasteiger partial charge is 0.413 e. The Balaban J connectivity index is 2.56. The molecule has 1 amide bonds. The van der Waals surface area contributed by atoms with Crippen molar-refractivity contribution in [2.75, 3.05) is 0 Å². The van der Waals surface area contributed by atoms with Gasteiger partial charge >= 0.3 is 12.1 Å². The lowest BCUT2D eigenvalue weighted by Crippen LogP contribution is -2.43. The summed E-state index contributed by atoms with van der Waals surface area (Å²) in [6, 6.07) is 6.93. The van der Waals surface area contributed by atoms with Gasteiger partial charge in [0.05, 0.1) is 0 Å². The number of carbonyl (C=O) groups is 3. The molecular weight excluding hydrogens is 238 g/mol. The third kappa shape index (κ3) is 4.65. The van der Waals surface area contributed by atoms with Crippen molar-refractivity contribution in [1.29, 1.82) is 0 Å². The summed E-state index contributed by atoms with van der Waals surface area (Å²) in [4.78, 5) is 33.0. The lowest BCUT2D eigenvalue weighted by molar-refractivity contribution is -0.140. The number of aliphatic carboxylic acids is 1. The van der Waals surface area contributed by atoms with E-state index in [4.69, 9.17) is 9.84 Å². The summed E-state index contributed by atoms with van der Waals surface area (Å²) in [6.45, 7) is 1.25. The third-order valence-electron chi connectivity index (χ3n) is 2.04. The Hall–Kier alpha value is -2.37. The van der Waals surface area contributed by atoms with Gasteiger partial charge in [-0.05, 0) is 19.1 Å². The lowest BCUT2D eigenvalue weighted by atomic mass is 10.1. The van der Waals surface area contributed by atoms with Gasteiger partial charge in [-0.2, -0.15) is 0 Å². The van der Waals surface area contributed by atoms with E-state index in [2.05, 4.69) is 5.32 Å². The number of ether oxygens (including phenoxy) is 1. The van der Waals surface area contributed by atoms with E-state index in [-0.39, 0.29) is 12.2 Å². The van der Waals surface area contributed by atoms with Crippen molar-refractivity contribution in [2.24, 2.45) is 0 Å². The quantitative estimate of drug-likeness (QED) is 0.820. The highest BCUT2D eigenvalue weighted by molar-refractivity contribution is 5.87. The summed E-state index contributed by atoms with van der Waals surface area (Å²) in [5.41, 5.74) is 0. The molecule has 0 heterocycles. The number of carboxylic acids is 1. The predicted octanol–water partition coefficient (Wildman–Crippen LogP) is 1.21. The van der Waals surface area contributed by atoms with Crippen LogP contribution in [0.4, 0.5) is 4.79 Å². The average molecular weight is 251 g/mol. The number of amides is 1. The number of hydrogen-bond donors (Lipinski definition) is 2. The fraction of sp³-hybridized carbons (Fsp3) is 0.250. The summed E-state index contributed by atoms with van der Waals surface area (Å²) in [5.74, 6) is -1.32. The van der Waals surface area contributed by atoms with Crippen LogP contribution in [-0.4, -0.2) is 29.0 Å². The van der Waals surface area contributed by atoms with Crippen molar-refractivity contribution in [3.05, 3.63) is 30.3 Å². The van der Waals surface area contributed by atoms with Gasteiger partial charge in [-0.1, -0.05) is 18.2 Å². The minimum Gasteiger partial charge on any atom is -0.480 e. The fourth-order valence-electron chi connectivity index (χ4n) is 1.25. The van der Waals surface area contributed by atoms with E-state index in [0.717, 1.165) is 0 Å². The molecule has 0 fully saturated rings. The van der Waals surface area contributed by atoms with Gasteiger partial charge in [0.2, 0.25) is 0 Å². The summed E-state index contributed by atoms with van der Waals surface area (Å²) >= 11 is 0. The van der Waals surface area contributed by atoms with Gasteiger partial charge in [0, 0.05) is 6.42 Å². The summed E-state index contributed by atoms with van der Waals surface area (Å²) in [7, 11) is 0. The van der Waals surface area contributed by atoms with Crippen molar-refractivity contribution in [3.63, 3.8) is 0 Å². The van der Waals surface area contributed by atoms with E-state index in [0.29, 0.717) is 5.75 Å². The molecule has 1 aromatic carbocycles. The molecule has 0 aromatic heterocycles. The largest absolute Gasteiger partial charge is 0.480 e. The number of carbonyl (C=O) groups excluding carboxylic acids is 2. The van der Waals surface area contributed by atoms with Gasteiger partial charge in [0.25, 0.3) is 0 Å².